The summed E-state index contributed by atoms with van der Waals surface area (Å²) in [7, 11) is 2.23. The van der Waals surface area contributed by atoms with Crippen LogP contribution in [-0.4, -0.2) is 54.0 Å². The number of nitrogens with zero attached hydrogens (tertiary/aromatic N) is 1. The van der Waals surface area contributed by atoms with Gasteiger partial charge in [0.05, 0.1) is 6.04 Å². The number of amides is 1. The van der Waals surface area contributed by atoms with Gasteiger partial charge in [0.25, 0.3) is 0 Å². The zero-order chi connectivity index (χ0) is 13.8. The van der Waals surface area contributed by atoms with E-state index < -0.39 is 0 Å². The van der Waals surface area contributed by atoms with Crippen molar-refractivity contribution < 1.29 is 4.79 Å². The van der Waals surface area contributed by atoms with Crippen LogP contribution in [0.3, 0.4) is 0 Å². The first-order valence-electron chi connectivity index (χ1n) is 7.38. The Kier molecular flexibility index (Phi) is 5.54. The zero-order valence-corrected chi connectivity index (χ0v) is 12.9. The molecule has 2 saturated heterocycles. The second kappa shape index (κ2) is 6.95. The Morgan fingerprint density at radius 2 is 2.05 bits per heavy atom. The van der Waals surface area contributed by atoms with Crippen LogP contribution < -0.4 is 11.1 Å². The summed E-state index contributed by atoms with van der Waals surface area (Å²) in [5, 5.41) is 3.18. The predicted octanol–water partition coefficient (Wildman–Crippen LogP) is 1.20. The molecule has 5 heteroatoms. The molecule has 19 heavy (non-hydrogen) atoms. The summed E-state index contributed by atoms with van der Waals surface area (Å²) in [5.41, 5.74) is 5.93. The Morgan fingerprint density at radius 3 is 2.63 bits per heavy atom. The molecular weight excluding hydrogens is 258 g/mol. The molecule has 3 N–H and O–H groups in total. The fourth-order valence-electron chi connectivity index (χ4n) is 3.42. The number of carbonyl (C=O) groups is 1. The van der Waals surface area contributed by atoms with E-state index in [1.54, 1.807) is 11.8 Å². The van der Waals surface area contributed by atoms with Gasteiger partial charge in [-0.15, -0.1) is 0 Å². The van der Waals surface area contributed by atoms with E-state index in [-0.39, 0.29) is 11.9 Å². The van der Waals surface area contributed by atoms with E-state index in [0.717, 1.165) is 25.0 Å². The SMILES string of the molecule is CSCC[C@H](N)C(=O)NC1CC2CCCC(C1)N2C. The second-order valence-corrected chi connectivity index (χ2v) is 6.95. The first kappa shape index (κ1) is 15.1. The monoisotopic (exact) mass is 285 g/mol. The highest BCUT2D eigenvalue weighted by molar-refractivity contribution is 7.98. The van der Waals surface area contributed by atoms with Crippen molar-refractivity contribution in [3.8, 4) is 0 Å². The average Bonchev–Trinajstić information content (AvgIpc) is 2.37. The van der Waals surface area contributed by atoms with Crippen molar-refractivity contribution >= 4 is 17.7 Å². The first-order chi connectivity index (χ1) is 9.11. The minimum Gasteiger partial charge on any atom is -0.352 e. The van der Waals surface area contributed by atoms with E-state index in [2.05, 4.69) is 17.3 Å². The quantitative estimate of drug-likeness (QED) is 0.797. The average molecular weight is 285 g/mol. The molecule has 0 aromatic rings. The lowest BCUT2D eigenvalue weighted by Gasteiger charge is -2.47. The number of hydrogen-bond acceptors (Lipinski definition) is 4. The van der Waals surface area contributed by atoms with Crippen molar-refractivity contribution in [2.75, 3.05) is 19.1 Å². The molecule has 0 saturated carbocycles. The van der Waals surface area contributed by atoms with Crippen molar-refractivity contribution in [3.63, 3.8) is 0 Å². The summed E-state index contributed by atoms with van der Waals surface area (Å²) in [6, 6.07) is 1.30. The Labute approximate surface area is 120 Å². The van der Waals surface area contributed by atoms with Gasteiger partial charge in [-0.2, -0.15) is 11.8 Å². The second-order valence-electron chi connectivity index (χ2n) is 5.97. The van der Waals surface area contributed by atoms with Crippen molar-refractivity contribution in [1.29, 1.82) is 0 Å². The van der Waals surface area contributed by atoms with E-state index >= 15 is 0 Å². The number of nitrogens with one attached hydrogen (secondary N) is 1. The highest BCUT2D eigenvalue weighted by Gasteiger charge is 2.36. The van der Waals surface area contributed by atoms with Crippen molar-refractivity contribution in [2.24, 2.45) is 5.73 Å². The van der Waals surface area contributed by atoms with E-state index in [0.29, 0.717) is 18.1 Å². The molecule has 0 spiro atoms. The molecule has 0 aromatic heterocycles. The molecule has 2 rings (SSSR count). The maximum Gasteiger partial charge on any atom is 0.237 e. The summed E-state index contributed by atoms with van der Waals surface area (Å²) in [4.78, 5) is 14.6. The Hall–Kier alpha value is -0.260. The van der Waals surface area contributed by atoms with Gasteiger partial charge in [0.15, 0.2) is 0 Å². The Morgan fingerprint density at radius 1 is 1.42 bits per heavy atom. The minimum absolute atomic E-state index is 0.0432. The third-order valence-electron chi connectivity index (χ3n) is 4.66. The molecule has 2 heterocycles. The molecule has 1 amide bonds. The summed E-state index contributed by atoms with van der Waals surface area (Å²) in [6.45, 7) is 0. The van der Waals surface area contributed by atoms with Crippen LogP contribution in [0.5, 0.6) is 0 Å². The molecule has 0 radical (unpaired) electrons. The molecule has 2 fully saturated rings. The highest BCUT2D eigenvalue weighted by Crippen LogP contribution is 2.32. The number of nitrogens with two attached hydrogens (primary N) is 1. The summed E-state index contributed by atoms with van der Waals surface area (Å²) < 4.78 is 0. The smallest absolute Gasteiger partial charge is 0.237 e. The summed E-state index contributed by atoms with van der Waals surface area (Å²) >= 11 is 1.74. The molecule has 4 nitrogen and oxygen atoms in total. The number of thioether (sulfide) groups is 1. The normalized spacial score (nSPS) is 32.9. The molecule has 0 aliphatic carbocycles. The summed E-state index contributed by atoms with van der Waals surface area (Å²) in [5.74, 6) is 0.995. The lowest BCUT2D eigenvalue weighted by atomic mass is 9.82. The van der Waals surface area contributed by atoms with Gasteiger partial charge in [-0.3, -0.25) is 4.79 Å². The number of hydrogen-bond donors (Lipinski definition) is 2. The minimum atomic E-state index is -0.341. The predicted molar refractivity (Wildman–Crippen MR) is 81.3 cm³/mol. The standard InChI is InChI=1S/C14H27N3OS/c1-17-11-4-3-5-12(17)9-10(8-11)16-14(18)13(15)6-7-19-2/h10-13H,3-9,15H2,1-2H3,(H,16,18)/t10?,11?,12?,13-/m0/s1. The van der Waals surface area contributed by atoms with E-state index in [1.165, 1.54) is 19.3 Å². The van der Waals surface area contributed by atoms with Crippen LogP contribution in [-0.2, 0) is 4.79 Å². The van der Waals surface area contributed by atoms with E-state index in [1.807, 2.05) is 6.26 Å². The van der Waals surface area contributed by atoms with Crippen LogP contribution in [0.4, 0.5) is 0 Å². The van der Waals surface area contributed by atoms with Crippen molar-refractivity contribution in [2.45, 2.75) is 62.7 Å². The van der Waals surface area contributed by atoms with Gasteiger partial charge in [0, 0.05) is 18.1 Å². The third kappa shape index (κ3) is 3.86. The molecule has 2 aliphatic heterocycles. The molecule has 110 valence electrons. The van der Waals surface area contributed by atoms with Crippen LogP contribution in [0, 0.1) is 0 Å². The molecule has 2 unspecified atom stereocenters. The van der Waals surface area contributed by atoms with Crippen LogP contribution in [0.15, 0.2) is 0 Å². The molecule has 0 aromatic carbocycles. The maximum absolute atomic E-state index is 12.1. The van der Waals surface area contributed by atoms with Gasteiger partial charge >= 0.3 is 0 Å². The Balaban J connectivity index is 1.81. The molecule has 2 bridgehead atoms. The molecule has 2 aliphatic rings. The van der Waals surface area contributed by atoms with Gasteiger partial charge < -0.3 is 16.0 Å². The lowest BCUT2D eigenvalue weighted by molar-refractivity contribution is -0.123. The van der Waals surface area contributed by atoms with Gasteiger partial charge in [0.1, 0.15) is 0 Å². The Bertz CT molecular complexity index is 299. The van der Waals surface area contributed by atoms with Gasteiger partial charge in [-0.25, -0.2) is 0 Å². The number of fused-ring (bicyclic) bond motifs is 2. The number of carbonyl (C=O) groups excluding carboxylic acids is 1. The van der Waals surface area contributed by atoms with Crippen LogP contribution >= 0.6 is 11.8 Å². The third-order valence-corrected chi connectivity index (χ3v) is 5.30. The summed E-state index contributed by atoms with van der Waals surface area (Å²) in [6.07, 6.45) is 8.89. The van der Waals surface area contributed by atoms with E-state index in [9.17, 15) is 4.79 Å². The van der Waals surface area contributed by atoms with Crippen molar-refractivity contribution in [3.05, 3.63) is 0 Å². The van der Waals surface area contributed by atoms with Crippen LogP contribution in [0.1, 0.15) is 38.5 Å². The first-order valence-corrected chi connectivity index (χ1v) is 8.78. The number of piperidine rings is 2. The van der Waals surface area contributed by atoms with Crippen LogP contribution in [0.25, 0.3) is 0 Å². The largest absolute Gasteiger partial charge is 0.352 e. The van der Waals surface area contributed by atoms with Crippen molar-refractivity contribution in [1.82, 2.24) is 10.2 Å². The number of rotatable bonds is 5. The molecule has 3 atom stereocenters. The van der Waals surface area contributed by atoms with Gasteiger partial charge in [-0.05, 0) is 51.2 Å². The fourth-order valence-corrected chi connectivity index (χ4v) is 3.91. The van der Waals surface area contributed by atoms with E-state index in [4.69, 9.17) is 5.73 Å². The maximum atomic E-state index is 12.1. The lowest BCUT2D eigenvalue weighted by Crippen LogP contribution is -2.57. The van der Waals surface area contributed by atoms with Gasteiger partial charge in [-0.1, -0.05) is 6.42 Å². The highest BCUT2D eigenvalue weighted by atomic mass is 32.2. The molecular formula is C14H27N3OS. The fraction of sp³-hybridized carbons (Fsp3) is 0.929. The zero-order valence-electron chi connectivity index (χ0n) is 12.1. The van der Waals surface area contributed by atoms with Gasteiger partial charge in [0.2, 0.25) is 5.91 Å². The van der Waals surface area contributed by atoms with Crippen LogP contribution in [0.2, 0.25) is 0 Å². The topological polar surface area (TPSA) is 58.4 Å².